The second-order valence-corrected chi connectivity index (χ2v) is 5.13. The van der Waals surface area contributed by atoms with Crippen LogP contribution in [0.1, 0.15) is 27.0 Å². The van der Waals surface area contributed by atoms with Crippen LogP contribution < -0.4 is 4.18 Å². The lowest BCUT2D eigenvalue weighted by Gasteiger charge is -2.05. The third-order valence-corrected chi connectivity index (χ3v) is 3.36. The van der Waals surface area contributed by atoms with E-state index in [-0.39, 0.29) is 5.75 Å². The smallest absolute Gasteiger partial charge is 0.357 e. The molecule has 0 spiro atoms. The van der Waals surface area contributed by atoms with Crippen LogP contribution in [0.2, 0.25) is 0 Å². The van der Waals surface area contributed by atoms with Crippen LogP contribution in [0, 0.1) is 20.8 Å². The number of aldehydes is 1. The molecule has 0 saturated heterocycles. The molecule has 0 saturated carbocycles. The summed E-state index contributed by atoms with van der Waals surface area (Å²) in [6.45, 7) is 5.75. The largest absolute Gasteiger partial charge is 0.379 e. The van der Waals surface area contributed by atoms with Crippen LogP contribution in [0.15, 0.2) is 18.2 Å². The molecule has 0 amide bonds. The Hall–Kier alpha value is -1.72. The highest BCUT2D eigenvalue weighted by Crippen LogP contribution is 2.41. The molecule has 100 valence electrons. The third-order valence-electron chi connectivity index (χ3n) is 3.04. The molecular weight excluding hydrogens is 264 g/mol. The fourth-order valence-electron chi connectivity index (χ4n) is 2.47. The van der Waals surface area contributed by atoms with Gasteiger partial charge in [0.2, 0.25) is 0 Å². The number of rotatable bonds is 3. The molecule has 0 radical (unpaired) electrons. The minimum Gasteiger partial charge on any atom is -0.379 e. The number of hydrogen-bond donors (Lipinski definition) is 1. The molecule has 0 heterocycles. The second kappa shape index (κ2) is 5.11. The molecule has 0 aromatic carbocycles. The summed E-state index contributed by atoms with van der Waals surface area (Å²) in [5, 5.41) is 0. The minimum absolute atomic E-state index is 0.258. The van der Waals surface area contributed by atoms with Crippen molar-refractivity contribution in [3.05, 3.63) is 40.5 Å². The Bertz CT molecular complexity index is 649. The third kappa shape index (κ3) is 2.52. The van der Waals surface area contributed by atoms with Gasteiger partial charge >= 0.3 is 11.4 Å². The van der Waals surface area contributed by atoms with Crippen molar-refractivity contribution in [3.63, 3.8) is 0 Å². The van der Waals surface area contributed by atoms with E-state index in [9.17, 15) is 9.00 Å². The molecular formula is C14H14O4S. The Kier molecular flexibility index (Phi) is 3.68. The summed E-state index contributed by atoms with van der Waals surface area (Å²) in [5.74, 6) is 0.258. The van der Waals surface area contributed by atoms with E-state index in [4.69, 9.17) is 8.74 Å². The standard InChI is InChI=1S/C14H14O4S/c1-8-4-9(2)13-11(7-15)6-12(18-19(16)17)14(13)10(3)5-8/h4-7H,1-3H3,(H,16,17). The predicted molar refractivity (Wildman–Crippen MR) is 74.1 cm³/mol. The van der Waals surface area contributed by atoms with E-state index >= 15 is 0 Å². The number of hydrogen-bond acceptors (Lipinski definition) is 3. The summed E-state index contributed by atoms with van der Waals surface area (Å²) < 4.78 is 24.6. The van der Waals surface area contributed by atoms with Crippen LogP contribution in [0.5, 0.6) is 5.75 Å². The van der Waals surface area contributed by atoms with E-state index in [2.05, 4.69) is 0 Å². The maximum atomic E-state index is 11.2. The lowest BCUT2D eigenvalue weighted by atomic mass is 10.0. The molecule has 2 rings (SSSR count). The fourth-order valence-corrected chi connectivity index (χ4v) is 2.76. The molecule has 1 N–H and O–H groups in total. The average Bonchev–Trinajstić information content (AvgIpc) is 2.60. The topological polar surface area (TPSA) is 63.6 Å². The first kappa shape index (κ1) is 13.7. The van der Waals surface area contributed by atoms with Crippen molar-refractivity contribution >= 4 is 17.6 Å². The van der Waals surface area contributed by atoms with Crippen LogP contribution in [0.3, 0.4) is 0 Å². The Morgan fingerprint density at radius 2 is 1.68 bits per heavy atom. The summed E-state index contributed by atoms with van der Waals surface area (Å²) >= 11 is -2.41. The maximum Gasteiger partial charge on any atom is 0.357 e. The molecule has 5 heteroatoms. The Balaban J connectivity index is 2.83. The van der Waals surface area contributed by atoms with Crippen molar-refractivity contribution in [3.8, 4) is 16.9 Å². The second-order valence-electron chi connectivity index (χ2n) is 4.53. The molecule has 1 atom stereocenters. The summed E-state index contributed by atoms with van der Waals surface area (Å²) in [5.41, 5.74) is 4.82. The SMILES string of the molecule is Cc1cc(C)c2c(C=O)cc(OS(=O)O)c-2c(C)c1. The Morgan fingerprint density at radius 3 is 2.21 bits per heavy atom. The number of fused-ring (bicyclic) bond motifs is 1. The molecule has 0 fully saturated rings. The number of carbonyl (C=O) groups is 1. The predicted octanol–water partition coefficient (Wildman–Crippen LogP) is 3.04. The maximum absolute atomic E-state index is 11.2. The first-order valence-electron chi connectivity index (χ1n) is 5.73. The molecule has 2 aliphatic carbocycles. The van der Waals surface area contributed by atoms with Gasteiger partial charge in [-0.25, -0.2) is 0 Å². The normalized spacial score (nSPS) is 12.4. The van der Waals surface area contributed by atoms with Crippen molar-refractivity contribution in [2.45, 2.75) is 20.8 Å². The highest BCUT2D eigenvalue weighted by Gasteiger charge is 2.21. The van der Waals surface area contributed by atoms with Gasteiger partial charge in [-0.05, 0) is 43.5 Å². The molecule has 19 heavy (non-hydrogen) atoms. The first-order valence-corrected chi connectivity index (χ1v) is 6.76. The molecule has 0 aliphatic heterocycles. The zero-order valence-electron chi connectivity index (χ0n) is 10.9. The molecule has 4 nitrogen and oxygen atoms in total. The van der Waals surface area contributed by atoms with Gasteiger partial charge in [0.1, 0.15) is 0 Å². The van der Waals surface area contributed by atoms with Crippen LogP contribution in [0.25, 0.3) is 11.1 Å². The van der Waals surface area contributed by atoms with Crippen molar-refractivity contribution in [1.29, 1.82) is 0 Å². The van der Waals surface area contributed by atoms with Crippen molar-refractivity contribution in [2.75, 3.05) is 0 Å². The summed E-state index contributed by atoms with van der Waals surface area (Å²) in [7, 11) is 0. The number of carbonyl (C=O) groups excluding carboxylic acids is 1. The van der Waals surface area contributed by atoms with E-state index in [0.29, 0.717) is 11.1 Å². The van der Waals surface area contributed by atoms with E-state index in [0.717, 1.165) is 28.5 Å². The fraction of sp³-hybridized carbons (Fsp3) is 0.214. The molecule has 2 aliphatic rings. The minimum atomic E-state index is -2.41. The van der Waals surface area contributed by atoms with Crippen LogP contribution in [0.4, 0.5) is 0 Å². The molecule has 0 aromatic rings. The van der Waals surface area contributed by atoms with Gasteiger partial charge in [0.15, 0.2) is 12.0 Å². The zero-order valence-corrected chi connectivity index (χ0v) is 11.7. The van der Waals surface area contributed by atoms with Gasteiger partial charge in [-0.2, -0.15) is 4.21 Å². The van der Waals surface area contributed by atoms with Crippen LogP contribution in [-0.4, -0.2) is 15.0 Å². The summed E-state index contributed by atoms with van der Waals surface area (Å²) in [6, 6.07) is 5.43. The highest BCUT2D eigenvalue weighted by molar-refractivity contribution is 7.74. The summed E-state index contributed by atoms with van der Waals surface area (Å²) in [4.78, 5) is 11.2. The Labute approximate surface area is 114 Å². The van der Waals surface area contributed by atoms with E-state index in [1.165, 1.54) is 6.07 Å². The van der Waals surface area contributed by atoms with Gasteiger partial charge in [0.05, 0.1) is 0 Å². The highest BCUT2D eigenvalue weighted by atomic mass is 32.2. The average molecular weight is 278 g/mol. The van der Waals surface area contributed by atoms with Gasteiger partial charge in [-0.3, -0.25) is 9.35 Å². The first-order chi connectivity index (χ1) is 8.93. The van der Waals surface area contributed by atoms with E-state index < -0.39 is 11.4 Å². The van der Waals surface area contributed by atoms with Crippen LogP contribution in [-0.2, 0) is 11.4 Å². The van der Waals surface area contributed by atoms with Gasteiger partial charge < -0.3 is 4.18 Å². The Morgan fingerprint density at radius 1 is 1.11 bits per heavy atom. The van der Waals surface area contributed by atoms with Crippen molar-refractivity contribution in [1.82, 2.24) is 0 Å². The quantitative estimate of drug-likeness (QED) is 0.692. The van der Waals surface area contributed by atoms with Crippen molar-refractivity contribution < 1.29 is 17.7 Å². The number of aryl methyl sites for hydroxylation is 3. The van der Waals surface area contributed by atoms with E-state index in [1.54, 1.807) is 0 Å². The van der Waals surface area contributed by atoms with Gasteiger partial charge in [-0.1, -0.05) is 17.7 Å². The van der Waals surface area contributed by atoms with Crippen molar-refractivity contribution in [2.24, 2.45) is 0 Å². The molecule has 1 unspecified atom stereocenters. The molecule has 0 bridgehead atoms. The summed E-state index contributed by atoms with van der Waals surface area (Å²) in [6.07, 6.45) is 0.733. The van der Waals surface area contributed by atoms with Gasteiger partial charge in [-0.15, -0.1) is 0 Å². The monoisotopic (exact) mass is 278 g/mol. The molecule has 0 aromatic heterocycles. The van der Waals surface area contributed by atoms with Gasteiger partial charge in [0.25, 0.3) is 0 Å². The van der Waals surface area contributed by atoms with E-state index in [1.807, 2.05) is 32.9 Å². The lowest BCUT2D eigenvalue weighted by Crippen LogP contribution is -1.97. The lowest BCUT2D eigenvalue weighted by molar-refractivity contribution is 0.112. The van der Waals surface area contributed by atoms with Gasteiger partial charge in [0, 0.05) is 11.1 Å². The van der Waals surface area contributed by atoms with Crippen LogP contribution >= 0.6 is 0 Å². The zero-order chi connectivity index (χ0) is 14.2.